The fourth-order valence-electron chi connectivity index (χ4n) is 1.54. The van der Waals surface area contributed by atoms with Gasteiger partial charge in [-0.2, -0.15) is 0 Å². The SMILES string of the molecule is [2H]C1([2H])C([2H])([2H])C([2H])([2H])C([2H])(CSc2cccc(C(=O)CCN)c2)C([2H])([2H])C1([2H])[2H]. The maximum atomic E-state index is 12.0. The van der Waals surface area contributed by atoms with Crippen LogP contribution in [0.5, 0.6) is 0 Å². The van der Waals surface area contributed by atoms with Gasteiger partial charge in [0.25, 0.3) is 0 Å². The summed E-state index contributed by atoms with van der Waals surface area (Å²) >= 11 is 0.775. The van der Waals surface area contributed by atoms with Crippen LogP contribution in [0.4, 0.5) is 0 Å². The van der Waals surface area contributed by atoms with Gasteiger partial charge < -0.3 is 5.73 Å². The Balaban J connectivity index is 2.47. The molecule has 0 aliphatic heterocycles. The van der Waals surface area contributed by atoms with Gasteiger partial charge in [0.2, 0.25) is 0 Å². The van der Waals surface area contributed by atoms with Crippen LogP contribution < -0.4 is 5.73 Å². The first kappa shape index (κ1) is 5.90. The highest BCUT2D eigenvalue weighted by molar-refractivity contribution is 7.99. The monoisotopic (exact) mass is 288 g/mol. The van der Waals surface area contributed by atoms with Gasteiger partial charge in [-0.05, 0) is 37.3 Å². The minimum Gasteiger partial charge on any atom is -0.330 e. The summed E-state index contributed by atoms with van der Waals surface area (Å²) in [7, 11) is 0. The van der Waals surface area contributed by atoms with Gasteiger partial charge in [0.05, 0.1) is 0 Å². The fourth-order valence-corrected chi connectivity index (χ4v) is 2.38. The van der Waals surface area contributed by atoms with E-state index in [1.165, 1.54) is 6.07 Å². The molecule has 104 valence electrons. The molecule has 0 bridgehead atoms. The largest absolute Gasteiger partial charge is 0.330 e. The van der Waals surface area contributed by atoms with Gasteiger partial charge in [0.1, 0.15) is 0 Å². The Morgan fingerprint density at radius 1 is 1.42 bits per heavy atom. The summed E-state index contributed by atoms with van der Waals surface area (Å²) < 4.78 is 88.8. The molecule has 1 aromatic rings. The standard InChI is InChI=1S/C16H23NOS/c17-10-9-16(18)14-7-4-8-15(11-14)19-12-13-5-2-1-3-6-13/h4,7-8,11,13H,1-3,5-6,9-10,12,17H2/i1D2,2D2,3D2,5D2,6D2,13D. The van der Waals surface area contributed by atoms with Crippen molar-refractivity contribution in [3.05, 3.63) is 29.8 Å². The molecule has 1 aliphatic rings. The third-order valence-electron chi connectivity index (χ3n) is 2.46. The molecular formula is C16H23NOS. The molecule has 1 aliphatic carbocycles. The Morgan fingerprint density at radius 2 is 2.21 bits per heavy atom. The van der Waals surface area contributed by atoms with Crippen LogP contribution in [-0.2, 0) is 0 Å². The molecule has 19 heavy (non-hydrogen) atoms. The van der Waals surface area contributed by atoms with Gasteiger partial charge in [-0.25, -0.2) is 0 Å². The molecule has 3 heteroatoms. The highest BCUT2D eigenvalue weighted by Crippen LogP contribution is 2.30. The van der Waals surface area contributed by atoms with E-state index in [-0.39, 0.29) is 18.7 Å². The van der Waals surface area contributed by atoms with Crippen molar-refractivity contribution in [3.8, 4) is 0 Å². The molecule has 2 N–H and O–H groups in total. The van der Waals surface area contributed by atoms with Crippen LogP contribution in [0.25, 0.3) is 0 Å². The number of ketones is 1. The summed E-state index contributed by atoms with van der Waals surface area (Å²) in [4.78, 5) is 12.4. The van der Waals surface area contributed by atoms with Gasteiger partial charge in [0.15, 0.2) is 5.78 Å². The van der Waals surface area contributed by atoms with E-state index in [0.717, 1.165) is 11.8 Å². The van der Waals surface area contributed by atoms with Crippen LogP contribution >= 0.6 is 11.8 Å². The van der Waals surface area contributed by atoms with E-state index in [0.29, 0.717) is 10.5 Å². The van der Waals surface area contributed by atoms with Crippen molar-refractivity contribution in [2.45, 2.75) is 43.2 Å². The van der Waals surface area contributed by atoms with Crippen molar-refractivity contribution in [2.24, 2.45) is 11.6 Å². The summed E-state index contributed by atoms with van der Waals surface area (Å²) in [5.41, 5.74) is 5.70. The van der Waals surface area contributed by atoms with E-state index in [1.807, 2.05) is 0 Å². The summed E-state index contributed by atoms with van der Waals surface area (Å²) in [5.74, 6) is -3.93. The lowest BCUT2D eigenvalue weighted by atomic mass is 9.91. The molecule has 2 nitrogen and oxygen atoms in total. The van der Waals surface area contributed by atoms with Crippen LogP contribution in [-0.4, -0.2) is 18.1 Å². The predicted octanol–water partition coefficient (Wildman–Crippen LogP) is 3.89. The summed E-state index contributed by atoms with van der Waals surface area (Å²) in [6.45, 7) is 0.151. The van der Waals surface area contributed by atoms with Crippen molar-refractivity contribution in [2.75, 3.05) is 12.3 Å². The van der Waals surface area contributed by atoms with Crippen molar-refractivity contribution < 1.29 is 19.9 Å². The van der Waals surface area contributed by atoms with Crippen LogP contribution in [0, 0.1) is 5.89 Å². The average Bonchev–Trinajstić information content (AvgIpc) is 2.64. The Kier molecular flexibility index (Phi) is 2.39. The molecule has 0 unspecified atom stereocenters. The Bertz CT molecular complexity index is 797. The van der Waals surface area contributed by atoms with Crippen molar-refractivity contribution in [1.82, 2.24) is 0 Å². The molecule has 2 rings (SSSR count). The topological polar surface area (TPSA) is 43.1 Å². The number of rotatable bonds is 6. The van der Waals surface area contributed by atoms with Gasteiger partial charge in [-0.1, -0.05) is 31.3 Å². The van der Waals surface area contributed by atoms with Gasteiger partial charge in [0, 0.05) is 37.7 Å². The van der Waals surface area contributed by atoms with E-state index >= 15 is 0 Å². The summed E-state index contributed by atoms with van der Waals surface area (Å²) in [6, 6.07) is 6.10. The van der Waals surface area contributed by atoms with Crippen LogP contribution in [0.1, 0.15) is 63.7 Å². The van der Waals surface area contributed by atoms with Gasteiger partial charge in [-0.3, -0.25) is 4.79 Å². The van der Waals surface area contributed by atoms with Crippen molar-refractivity contribution >= 4 is 17.5 Å². The smallest absolute Gasteiger partial charge is 0.164 e. The summed E-state index contributed by atoms with van der Waals surface area (Å²) in [6.07, 6.45) is -17.2. The molecule has 1 aromatic carbocycles. The molecule has 0 amide bonds. The van der Waals surface area contributed by atoms with Gasteiger partial charge >= 0.3 is 0 Å². The van der Waals surface area contributed by atoms with E-state index < -0.39 is 43.5 Å². The number of Topliss-reactive ketones (excluding diaryl/α,β-unsaturated/α-hetero) is 1. The second-order valence-electron chi connectivity index (χ2n) is 3.88. The molecule has 0 heterocycles. The average molecular weight is 289 g/mol. The molecule has 0 spiro atoms. The minimum absolute atomic E-state index is 0.108. The molecule has 0 radical (unpaired) electrons. The van der Waals surface area contributed by atoms with Crippen molar-refractivity contribution in [1.29, 1.82) is 0 Å². The first-order valence-corrected chi connectivity index (χ1v) is 6.87. The third kappa shape index (κ3) is 4.66. The third-order valence-corrected chi connectivity index (χ3v) is 3.48. The zero-order valence-corrected chi connectivity index (χ0v) is 11.1. The lowest BCUT2D eigenvalue weighted by molar-refractivity contribution is 0.0985. The molecule has 1 saturated carbocycles. The molecule has 0 atom stereocenters. The Labute approximate surface area is 135 Å². The highest BCUT2D eigenvalue weighted by atomic mass is 32.2. The van der Waals surface area contributed by atoms with Gasteiger partial charge in [-0.15, -0.1) is 11.8 Å². The molecule has 1 fully saturated rings. The van der Waals surface area contributed by atoms with E-state index in [1.54, 1.807) is 18.2 Å². The Hall–Kier alpha value is -0.800. The quantitative estimate of drug-likeness (QED) is 0.638. The number of thioether (sulfide) groups is 1. The number of hydrogen-bond acceptors (Lipinski definition) is 3. The van der Waals surface area contributed by atoms with E-state index in [9.17, 15) is 4.79 Å². The normalized spacial score (nSPS) is 39.9. The second kappa shape index (κ2) is 7.71. The highest BCUT2D eigenvalue weighted by Gasteiger charge is 2.14. The fraction of sp³-hybridized carbons (Fsp3) is 0.562. The molecule has 0 aromatic heterocycles. The van der Waals surface area contributed by atoms with Crippen LogP contribution in [0.3, 0.4) is 0 Å². The molecular weight excluding hydrogens is 254 g/mol. The molecule has 0 saturated heterocycles. The number of carbonyl (C=O) groups is 1. The summed E-state index contributed by atoms with van der Waals surface area (Å²) in [5, 5.41) is 0. The lowest BCUT2D eigenvalue weighted by Crippen LogP contribution is -2.09. The van der Waals surface area contributed by atoms with E-state index in [2.05, 4.69) is 0 Å². The minimum atomic E-state index is -3.53. The maximum absolute atomic E-state index is 12.0. The number of benzene rings is 1. The van der Waals surface area contributed by atoms with Crippen LogP contribution in [0.15, 0.2) is 29.2 Å². The lowest BCUT2D eigenvalue weighted by Gasteiger charge is -2.20. The maximum Gasteiger partial charge on any atom is 0.164 e. The van der Waals surface area contributed by atoms with E-state index in [4.69, 9.17) is 20.8 Å². The zero-order chi connectivity index (χ0) is 23.4. The first-order chi connectivity index (χ1) is 13.4. The van der Waals surface area contributed by atoms with Crippen molar-refractivity contribution in [3.63, 3.8) is 0 Å². The predicted molar refractivity (Wildman–Crippen MR) is 81.7 cm³/mol. The van der Waals surface area contributed by atoms with Crippen LogP contribution in [0.2, 0.25) is 0 Å². The first-order valence-electron chi connectivity index (χ1n) is 11.4. The number of nitrogens with two attached hydrogens (primary N) is 1. The number of carbonyl (C=O) groups excluding carboxylic acids is 1. The zero-order valence-electron chi connectivity index (χ0n) is 21.3. The number of hydrogen-bond donors (Lipinski definition) is 1. The Morgan fingerprint density at radius 3 is 2.95 bits per heavy atom. The second-order valence-corrected chi connectivity index (χ2v) is 4.93.